The number of halogens is 2. The number of hydrogen-bond acceptors (Lipinski definition) is 3. The fraction of sp³-hybridized carbons (Fsp3) is 0. The van der Waals surface area contributed by atoms with E-state index in [2.05, 4.69) is 105 Å². The van der Waals surface area contributed by atoms with Crippen molar-refractivity contribution in [3.8, 4) is 10.4 Å². The summed E-state index contributed by atoms with van der Waals surface area (Å²) in [6, 6.07) is 20.6. The Hall–Kier alpha value is -1.71. The summed E-state index contributed by atoms with van der Waals surface area (Å²) >= 11 is 6.02. The van der Waals surface area contributed by atoms with Gasteiger partial charge in [0.2, 0.25) is 0 Å². The minimum atomic E-state index is 0.738. The minimum absolute atomic E-state index is 0.738. The second kappa shape index (κ2) is 10.2. The van der Waals surface area contributed by atoms with Gasteiger partial charge in [0.05, 0.1) is 4.88 Å². The summed E-state index contributed by atoms with van der Waals surface area (Å²) in [5.41, 5.74) is 4.20. The largest absolute Gasteiger partial charge is 0.311 e. The zero-order chi connectivity index (χ0) is 19.9. The lowest BCUT2D eigenvalue weighted by molar-refractivity contribution is 0.112. The zero-order valence-corrected chi connectivity index (χ0v) is 20.0. The van der Waals surface area contributed by atoms with Crippen LogP contribution in [0.3, 0.4) is 0 Å². The first kappa shape index (κ1) is 21.0. The summed E-state index contributed by atoms with van der Waals surface area (Å²) in [6.45, 7) is 4.00. The van der Waals surface area contributed by atoms with E-state index in [9.17, 15) is 4.79 Å². The highest BCUT2D eigenvalue weighted by Gasteiger charge is 2.13. The molecule has 0 aliphatic rings. The highest BCUT2D eigenvalue weighted by molar-refractivity contribution is 14.1. The monoisotopic (exact) mass is 609 g/mol. The molecule has 0 saturated heterocycles. The summed E-state index contributed by atoms with van der Waals surface area (Å²) in [5.74, 6) is 0. The summed E-state index contributed by atoms with van der Waals surface area (Å²) in [5, 5.41) is 0. The lowest BCUT2D eigenvalue weighted by atomic mass is 10.1. The molecule has 0 spiro atoms. The standard InChI is InChI=1S/C23H17I2NOS/c1-2-19(4-3-15-24)26(21-11-7-18(25)8-12-21)20-9-5-17(6-10-20)23-14-13-22(16-27)28-23/h2-16H,1H2/b15-3+,19-4+. The van der Waals surface area contributed by atoms with Gasteiger partial charge < -0.3 is 4.90 Å². The Labute approximate surface area is 196 Å². The predicted octanol–water partition coefficient (Wildman–Crippen LogP) is 7.99. The molecule has 0 N–H and O–H groups in total. The summed E-state index contributed by atoms with van der Waals surface area (Å²) in [4.78, 5) is 14.9. The van der Waals surface area contributed by atoms with Crippen molar-refractivity contribution in [1.82, 2.24) is 0 Å². The molecule has 3 rings (SSSR count). The number of nitrogens with zero attached hydrogens (tertiary/aromatic N) is 1. The molecule has 0 unspecified atom stereocenters. The first-order chi connectivity index (χ1) is 13.7. The van der Waals surface area contributed by atoms with E-state index in [1.807, 2.05) is 34.4 Å². The summed E-state index contributed by atoms with van der Waals surface area (Å²) < 4.78 is 3.16. The van der Waals surface area contributed by atoms with Gasteiger partial charge in [0.15, 0.2) is 6.29 Å². The number of aldehydes is 1. The Balaban J connectivity index is 2.03. The van der Waals surface area contributed by atoms with Crippen molar-refractivity contribution in [2.45, 2.75) is 0 Å². The van der Waals surface area contributed by atoms with Crippen molar-refractivity contribution in [3.05, 3.63) is 104 Å². The molecule has 2 aromatic carbocycles. The number of anilines is 2. The van der Waals surface area contributed by atoms with E-state index in [1.54, 1.807) is 0 Å². The maximum absolute atomic E-state index is 11.0. The molecule has 0 fully saturated rings. The van der Waals surface area contributed by atoms with E-state index in [0.717, 1.165) is 38.7 Å². The van der Waals surface area contributed by atoms with Gasteiger partial charge >= 0.3 is 0 Å². The van der Waals surface area contributed by atoms with Crippen LogP contribution in [0.5, 0.6) is 0 Å². The maximum atomic E-state index is 11.0. The molecule has 0 bridgehead atoms. The third kappa shape index (κ3) is 5.01. The van der Waals surface area contributed by atoms with Crippen LogP contribution in [0.2, 0.25) is 0 Å². The van der Waals surface area contributed by atoms with Crippen LogP contribution in [0, 0.1) is 3.57 Å². The Morgan fingerprint density at radius 2 is 1.61 bits per heavy atom. The maximum Gasteiger partial charge on any atom is 0.160 e. The average Bonchev–Trinajstić information content (AvgIpc) is 3.22. The van der Waals surface area contributed by atoms with Gasteiger partial charge in [-0.2, -0.15) is 0 Å². The van der Waals surface area contributed by atoms with Crippen molar-refractivity contribution < 1.29 is 4.79 Å². The first-order valence-corrected chi connectivity index (χ1v) is 11.6. The van der Waals surface area contributed by atoms with E-state index in [4.69, 9.17) is 0 Å². The first-order valence-electron chi connectivity index (χ1n) is 8.47. The van der Waals surface area contributed by atoms with Gasteiger partial charge in [-0.3, -0.25) is 4.79 Å². The molecule has 0 saturated carbocycles. The molecule has 3 aromatic rings. The van der Waals surface area contributed by atoms with E-state index in [1.165, 1.54) is 14.9 Å². The molecule has 5 heteroatoms. The van der Waals surface area contributed by atoms with Crippen LogP contribution in [0.15, 0.2) is 95.3 Å². The van der Waals surface area contributed by atoms with Crippen LogP contribution in [-0.4, -0.2) is 6.29 Å². The van der Waals surface area contributed by atoms with Gasteiger partial charge in [0.25, 0.3) is 0 Å². The van der Waals surface area contributed by atoms with Crippen LogP contribution in [-0.2, 0) is 0 Å². The molecule has 0 aliphatic heterocycles. The Bertz CT molecular complexity index is 1020. The number of rotatable bonds is 7. The number of benzene rings is 2. The van der Waals surface area contributed by atoms with Crippen LogP contribution >= 0.6 is 56.5 Å². The second-order valence-electron chi connectivity index (χ2n) is 5.79. The molecule has 0 amide bonds. The van der Waals surface area contributed by atoms with Crippen molar-refractivity contribution in [1.29, 1.82) is 0 Å². The molecule has 0 atom stereocenters. The van der Waals surface area contributed by atoms with Gasteiger partial charge in [-0.15, -0.1) is 11.3 Å². The van der Waals surface area contributed by atoms with Crippen LogP contribution < -0.4 is 4.90 Å². The Morgan fingerprint density at radius 3 is 2.14 bits per heavy atom. The van der Waals surface area contributed by atoms with Crippen LogP contribution in [0.25, 0.3) is 10.4 Å². The van der Waals surface area contributed by atoms with Crippen LogP contribution in [0.1, 0.15) is 9.67 Å². The highest BCUT2D eigenvalue weighted by Crippen LogP contribution is 2.34. The SMILES string of the molecule is C=C/C(=C\C=C\I)N(c1ccc(I)cc1)c1ccc(-c2ccc(C=O)s2)cc1. The van der Waals surface area contributed by atoms with E-state index < -0.39 is 0 Å². The third-order valence-corrected chi connectivity index (χ3v) is 6.24. The van der Waals surface area contributed by atoms with E-state index in [-0.39, 0.29) is 0 Å². The Morgan fingerprint density at radius 1 is 0.964 bits per heavy atom. The predicted molar refractivity (Wildman–Crippen MR) is 138 cm³/mol. The molecule has 2 nitrogen and oxygen atoms in total. The van der Waals surface area contributed by atoms with Crippen molar-refractivity contribution >= 4 is 74.2 Å². The lowest BCUT2D eigenvalue weighted by Crippen LogP contribution is -2.14. The molecule has 28 heavy (non-hydrogen) atoms. The number of allylic oxidation sites excluding steroid dienone is 3. The molecule has 1 aromatic heterocycles. The molecule has 140 valence electrons. The normalized spacial score (nSPS) is 11.6. The van der Waals surface area contributed by atoms with Crippen molar-refractivity contribution in [2.24, 2.45) is 0 Å². The molecular weight excluding hydrogens is 592 g/mol. The number of thiophene rings is 1. The molecule has 1 heterocycles. The zero-order valence-electron chi connectivity index (χ0n) is 14.9. The molecule has 0 radical (unpaired) electrons. The highest BCUT2D eigenvalue weighted by atomic mass is 127. The third-order valence-electron chi connectivity index (χ3n) is 4.04. The van der Waals surface area contributed by atoms with Gasteiger partial charge in [-0.25, -0.2) is 0 Å². The molecular formula is C23H17I2NOS. The Kier molecular flexibility index (Phi) is 7.64. The smallest absolute Gasteiger partial charge is 0.160 e. The fourth-order valence-corrected chi connectivity index (χ4v) is 4.15. The van der Waals surface area contributed by atoms with Crippen molar-refractivity contribution in [3.63, 3.8) is 0 Å². The number of carbonyl (C=O) groups is 1. The lowest BCUT2D eigenvalue weighted by Gasteiger charge is -2.26. The molecule has 0 aliphatic carbocycles. The van der Waals surface area contributed by atoms with Crippen molar-refractivity contribution in [2.75, 3.05) is 4.90 Å². The summed E-state index contributed by atoms with van der Waals surface area (Å²) in [6.07, 6.45) is 6.79. The van der Waals surface area contributed by atoms with Gasteiger partial charge in [-0.1, -0.05) is 47.4 Å². The van der Waals surface area contributed by atoms with E-state index in [0.29, 0.717) is 0 Å². The summed E-state index contributed by atoms with van der Waals surface area (Å²) in [7, 11) is 0. The topological polar surface area (TPSA) is 20.3 Å². The fourth-order valence-electron chi connectivity index (χ4n) is 2.75. The number of hydrogen-bond donors (Lipinski definition) is 0. The average molecular weight is 609 g/mol. The van der Waals surface area contributed by atoms with Gasteiger partial charge in [-0.05, 0) is 92.9 Å². The quantitative estimate of drug-likeness (QED) is 0.154. The number of carbonyl (C=O) groups excluding carboxylic acids is 1. The van der Waals surface area contributed by atoms with Gasteiger partial charge in [0.1, 0.15) is 0 Å². The van der Waals surface area contributed by atoms with E-state index >= 15 is 0 Å². The second-order valence-corrected chi connectivity index (χ2v) is 8.87. The minimum Gasteiger partial charge on any atom is -0.311 e. The van der Waals surface area contributed by atoms with Crippen LogP contribution in [0.4, 0.5) is 11.4 Å². The van der Waals surface area contributed by atoms with Gasteiger partial charge in [0, 0.05) is 25.5 Å².